The van der Waals surface area contributed by atoms with Gasteiger partial charge in [0.15, 0.2) is 0 Å². The quantitative estimate of drug-likeness (QED) is 0.449. The van der Waals surface area contributed by atoms with Gasteiger partial charge in [0.2, 0.25) is 0 Å². The minimum absolute atomic E-state index is 0.465. The predicted molar refractivity (Wildman–Crippen MR) is 118 cm³/mol. The van der Waals surface area contributed by atoms with E-state index < -0.39 is 0 Å². The summed E-state index contributed by atoms with van der Waals surface area (Å²) in [6.07, 6.45) is 3.20. The molecule has 0 radical (unpaired) electrons. The normalized spacial score (nSPS) is 13.0. The Morgan fingerprint density at radius 2 is 1.93 bits per heavy atom. The molecule has 150 valence electrons. The average Bonchev–Trinajstić information content (AvgIpc) is 3.45. The molecule has 0 saturated carbocycles. The van der Waals surface area contributed by atoms with Crippen LogP contribution in [0.2, 0.25) is 5.02 Å². The smallest absolute Gasteiger partial charge is 0.289 e. The fourth-order valence-electron chi connectivity index (χ4n) is 2.92. The topological polar surface area (TPSA) is 93.6 Å². The van der Waals surface area contributed by atoms with E-state index in [4.69, 9.17) is 21.1 Å². The second-order valence-electron chi connectivity index (χ2n) is 6.28. The molecule has 0 saturated heterocycles. The first-order valence-corrected chi connectivity index (χ1v) is 10.3. The number of rotatable bonds is 5. The van der Waals surface area contributed by atoms with E-state index in [1.165, 1.54) is 17.7 Å². The summed E-state index contributed by atoms with van der Waals surface area (Å²) in [6.45, 7) is 1.25. The zero-order valence-corrected chi connectivity index (χ0v) is 17.1. The first kappa shape index (κ1) is 18.6. The summed E-state index contributed by atoms with van der Waals surface area (Å²) in [7, 11) is 0. The highest BCUT2D eigenvalue weighted by molar-refractivity contribution is 7.11. The maximum atomic E-state index is 6.39. The highest BCUT2D eigenvalue weighted by Crippen LogP contribution is 2.34. The van der Waals surface area contributed by atoms with Crippen LogP contribution in [-0.2, 0) is 4.74 Å². The summed E-state index contributed by atoms with van der Waals surface area (Å²) < 4.78 is 11.1. The van der Waals surface area contributed by atoms with Gasteiger partial charge in [-0.1, -0.05) is 22.9 Å². The summed E-state index contributed by atoms with van der Waals surface area (Å²) in [5.41, 5.74) is 2.42. The lowest BCUT2D eigenvalue weighted by Crippen LogP contribution is -2.11. The minimum atomic E-state index is 0.465. The van der Waals surface area contributed by atoms with Gasteiger partial charge in [-0.05, 0) is 36.4 Å². The monoisotopic (exact) mass is 438 g/mol. The molecule has 30 heavy (non-hydrogen) atoms. The third kappa shape index (κ3) is 3.98. The fraction of sp³-hybridized carbons (Fsp3) is 0.100. The molecule has 3 heterocycles. The summed E-state index contributed by atoms with van der Waals surface area (Å²) >= 11 is 7.79. The van der Waals surface area contributed by atoms with Crippen molar-refractivity contribution >= 4 is 57.1 Å². The highest BCUT2D eigenvalue weighted by Gasteiger charge is 2.11. The summed E-state index contributed by atoms with van der Waals surface area (Å²) in [5, 5.41) is 10.2. The fourth-order valence-corrected chi connectivity index (χ4v) is 3.64. The Kier molecular flexibility index (Phi) is 5.04. The third-order valence-corrected chi connectivity index (χ3v) is 5.22. The molecule has 8 nitrogen and oxygen atoms in total. The Morgan fingerprint density at radius 3 is 2.73 bits per heavy atom. The van der Waals surface area contributed by atoms with Gasteiger partial charge in [0.25, 0.3) is 11.2 Å². The molecule has 4 aromatic rings. The molecule has 10 heteroatoms. The van der Waals surface area contributed by atoms with Crippen LogP contribution in [-0.4, -0.2) is 34.1 Å². The SMILES string of the molecule is Clc1cc(Nc2ncnc3ccc(NC4=NCCO4)cc23)ccc1Oc1nccs1. The standard InChI is InChI=1S/C20H15ClN6O2S/c21-15-10-13(2-4-17(15)29-20-23-6-8-30-20)26-18-14-9-12(27-19-22-5-7-28-19)1-3-16(14)24-11-25-18/h1-4,6,8-11H,5,7H2,(H,22,27)(H,24,25,26). The number of aromatic nitrogens is 3. The molecule has 2 aromatic carbocycles. The molecule has 0 atom stereocenters. The van der Waals surface area contributed by atoms with Gasteiger partial charge < -0.3 is 20.1 Å². The number of nitrogens with one attached hydrogen (secondary N) is 2. The Balaban J connectivity index is 1.40. The number of nitrogens with zero attached hydrogens (tertiary/aromatic N) is 4. The van der Waals surface area contributed by atoms with Crippen LogP contribution in [0.3, 0.4) is 0 Å². The lowest BCUT2D eigenvalue weighted by atomic mass is 10.2. The molecular weight excluding hydrogens is 424 g/mol. The van der Waals surface area contributed by atoms with Crippen LogP contribution in [0.15, 0.2) is 59.3 Å². The van der Waals surface area contributed by atoms with Crippen molar-refractivity contribution in [2.45, 2.75) is 0 Å². The first-order valence-electron chi connectivity index (χ1n) is 9.07. The van der Waals surface area contributed by atoms with E-state index in [1.807, 2.05) is 29.6 Å². The van der Waals surface area contributed by atoms with E-state index in [1.54, 1.807) is 18.3 Å². The van der Waals surface area contributed by atoms with Gasteiger partial charge >= 0.3 is 0 Å². The molecule has 2 aromatic heterocycles. The van der Waals surface area contributed by atoms with Gasteiger partial charge in [-0.3, -0.25) is 0 Å². The number of fused-ring (bicyclic) bond motifs is 1. The van der Waals surface area contributed by atoms with Crippen molar-refractivity contribution in [2.75, 3.05) is 23.8 Å². The van der Waals surface area contributed by atoms with Crippen molar-refractivity contribution in [3.05, 3.63) is 59.3 Å². The number of halogens is 1. The number of amidine groups is 1. The molecule has 0 amide bonds. The van der Waals surface area contributed by atoms with Crippen molar-refractivity contribution in [2.24, 2.45) is 4.99 Å². The van der Waals surface area contributed by atoms with Crippen LogP contribution in [0.25, 0.3) is 10.9 Å². The second-order valence-corrected chi connectivity index (χ2v) is 7.55. The second kappa shape index (κ2) is 8.13. The Labute approximate surface area is 180 Å². The predicted octanol–water partition coefficient (Wildman–Crippen LogP) is 5.07. The maximum absolute atomic E-state index is 6.39. The van der Waals surface area contributed by atoms with Crippen molar-refractivity contribution in [1.29, 1.82) is 0 Å². The zero-order chi connectivity index (χ0) is 20.3. The van der Waals surface area contributed by atoms with Gasteiger partial charge in [0, 0.05) is 28.3 Å². The van der Waals surface area contributed by atoms with E-state index in [9.17, 15) is 0 Å². The Bertz CT molecular complexity index is 1230. The number of ether oxygens (including phenoxy) is 2. The van der Waals surface area contributed by atoms with E-state index in [-0.39, 0.29) is 0 Å². The van der Waals surface area contributed by atoms with Crippen molar-refractivity contribution in [1.82, 2.24) is 15.0 Å². The Hall–Kier alpha value is -3.43. The molecule has 1 aliphatic rings. The van der Waals surface area contributed by atoms with Crippen LogP contribution in [0.1, 0.15) is 0 Å². The number of benzene rings is 2. The number of aliphatic imine (C=N–C) groups is 1. The average molecular weight is 439 g/mol. The zero-order valence-electron chi connectivity index (χ0n) is 15.5. The molecule has 0 aliphatic carbocycles. The van der Waals surface area contributed by atoms with Crippen molar-refractivity contribution in [3.8, 4) is 10.9 Å². The summed E-state index contributed by atoms with van der Waals surface area (Å²) in [4.78, 5) is 17.1. The van der Waals surface area contributed by atoms with Gasteiger partial charge in [-0.2, -0.15) is 0 Å². The molecule has 5 rings (SSSR count). The third-order valence-electron chi connectivity index (χ3n) is 4.27. The van der Waals surface area contributed by atoms with E-state index in [0.717, 1.165) is 22.3 Å². The van der Waals surface area contributed by atoms with Crippen molar-refractivity contribution in [3.63, 3.8) is 0 Å². The Morgan fingerprint density at radius 1 is 1.03 bits per heavy atom. The van der Waals surface area contributed by atoms with Crippen LogP contribution in [0.4, 0.5) is 17.2 Å². The molecular formula is C20H15ClN6O2S. The number of thiazole rings is 1. The van der Waals surface area contributed by atoms with E-state index >= 15 is 0 Å². The first-order chi connectivity index (χ1) is 14.7. The largest absolute Gasteiger partial charge is 0.463 e. The van der Waals surface area contributed by atoms with Gasteiger partial charge in [0.05, 0.1) is 17.1 Å². The van der Waals surface area contributed by atoms with E-state index in [2.05, 4.69) is 30.6 Å². The molecule has 1 aliphatic heterocycles. The molecule has 0 unspecified atom stereocenters. The molecule has 2 N–H and O–H groups in total. The van der Waals surface area contributed by atoms with Crippen LogP contribution >= 0.6 is 22.9 Å². The lowest BCUT2D eigenvalue weighted by Gasteiger charge is -2.12. The van der Waals surface area contributed by atoms with E-state index in [0.29, 0.717) is 41.0 Å². The summed E-state index contributed by atoms with van der Waals surface area (Å²) in [5.74, 6) is 1.19. The minimum Gasteiger partial charge on any atom is -0.463 e. The van der Waals surface area contributed by atoms with Gasteiger partial charge in [-0.15, -0.1) is 0 Å². The van der Waals surface area contributed by atoms with Crippen LogP contribution < -0.4 is 15.4 Å². The molecule has 0 spiro atoms. The molecule has 0 bridgehead atoms. The van der Waals surface area contributed by atoms with Crippen molar-refractivity contribution < 1.29 is 9.47 Å². The van der Waals surface area contributed by atoms with Crippen LogP contribution in [0, 0.1) is 0 Å². The highest BCUT2D eigenvalue weighted by atomic mass is 35.5. The number of anilines is 3. The number of hydrogen-bond donors (Lipinski definition) is 2. The lowest BCUT2D eigenvalue weighted by molar-refractivity contribution is 0.346. The maximum Gasteiger partial charge on any atom is 0.289 e. The van der Waals surface area contributed by atoms with Gasteiger partial charge in [0.1, 0.15) is 24.5 Å². The number of hydrogen-bond acceptors (Lipinski definition) is 9. The van der Waals surface area contributed by atoms with Gasteiger partial charge in [-0.25, -0.2) is 19.9 Å². The van der Waals surface area contributed by atoms with Crippen LogP contribution in [0.5, 0.6) is 10.9 Å². The molecule has 0 fully saturated rings. The summed E-state index contributed by atoms with van der Waals surface area (Å²) in [6, 6.07) is 11.7.